The molecule has 18 heavy (non-hydrogen) atoms. The van der Waals surface area contributed by atoms with E-state index < -0.39 is 18.6 Å². The third-order valence-corrected chi connectivity index (χ3v) is 3.05. The quantitative estimate of drug-likeness (QED) is 0.637. The average molecular weight is 249 g/mol. The lowest BCUT2D eigenvalue weighted by Gasteiger charge is -2.20. The van der Waals surface area contributed by atoms with Crippen molar-refractivity contribution in [3.8, 4) is 0 Å². The molecule has 0 aliphatic carbocycles. The predicted molar refractivity (Wildman–Crippen MR) is 66.1 cm³/mol. The SMILES string of the molecule is NC(=O)c1ccc2c(c1)N(C(=O)[C@H](N)CO)CC2. The molecule has 0 spiro atoms. The van der Waals surface area contributed by atoms with Gasteiger partial charge < -0.3 is 21.5 Å². The summed E-state index contributed by atoms with van der Waals surface area (Å²) in [5.74, 6) is -0.888. The van der Waals surface area contributed by atoms with Gasteiger partial charge in [0.15, 0.2) is 0 Å². The maximum absolute atomic E-state index is 11.9. The maximum atomic E-state index is 11.9. The maximum Gasteiger partial charge on any atom is 0.248 e. The Hall–Kier alpha value is -1.92. The van der Waals surface area contributed by atoms with Crippen molar-refractivity contribution < 1.29 is 14.7 Å². The molecule has 1 heterocycles. The number of fused-ring (bicyclic) bond motifs is 1. The molecule has 0 saturated heterocycles. The minimum absolute atomic E-state index is 0.349. The van der Waals surface area contributed by atoms with Crippen molar-refractivity contribution in [2.24, 2.45) is 11.5 Å². The Morgan fingerprint density at radius 3 is 2.78 bits per heavy atom. The molecule has 6 nitrogen and oxygen atoms in total. The van der Waals surface area contributed by atoms with Gasteiger partial charge in [-0.3, -0.25) is 9.59 Å². The molecule has 1 aliphatic rings. The highest BCUT2D eigenvalue weighted by Gasteiger charge is 2.28. The first-order valence-electron chi connectivity index (χ1n) is 5.65. The Bertz CT molecular complexity index is 501. The lowest BCUT2D eigenvalue weighted by atomic mass is 10.1. The van der Waals surface area contributed by atoms with Gasteiger partial charge in [-0.15, -0.1) is 0 Å². The summed E-state index contributed by atoms with van der Waals surface area (Å²) < 4.78 is 0. The molecule has 5 N–H and O–H groups in total. The molecule has 0 radical (unpaired) electrons. The molecule has 6 heteroatoms. The van der Waals surface area contributed by atoms with E-state index in [9.17, 15) is 9.59 Å². The summed E-state index contributed by atoms with van der Waals surface area (Å²) in [6.07, 6.45) is 0.707. The smallest absolute Gasteiger partial charge is 0.248 e. The zero-order chi connectivity index (χ0) is 13.3. The van der Waals surface area contributed by atoms with Gasteiger partial charge in [0.2, 0.25) is 11.8 Å². The van der Waals surface area contributed by atoms with Gasteiger partial charge in [0.05, 0.1) is 6.61 Å². The van der Waals surface area contributed by atoms with E-state index in [1.807, 2.05) is 0 Å². The molecule has 1 atom stereocenters. The van der Waals surface area contributed by atoms with Crippen molar-refractivity contribution in [3.05, 3.63) is 29.3 Å². The monoisotopic (exact) mass is 249 g/mol. The molecule has 1 aromatic rings. The van der Waals surface area contributed by atoms with Crippen molar-refractivity contribution >= 4 is 17.5 Å². The first kappa shape index (κ1) is 12.5. The number of aliphatic hydroxyl groups is 1. The molecule has 96 valence electrons. The topological polar surface area (TPSA) is 110 Å². The number of hydrogen-bond acceptors (Lipinski definition) is 4. The molecule has 1 aromatic carbocycles. The first-order valence-corrected chi connectivity index (χ1v) is 5.65. The molecular formula is C12H15N3O3. The minimum Gasteiger partial charge on any atom is -0.394 e. The summed E-state index contributed by atoms with van der Waals surface area (Å²) in [5.41, 5.74) is 12.7. The van der Waals surface area contributed by atoms with E-state index in [1.165, 1.54) is 4.90 Å². The summed E-state index contributed by atoms with van der Waals surface area (Å²) in [6, 6.07) is 4.08. The third kappa shape index (κ3) is 2.07. The van der Waals surface area contributed by atoms with E-state index in [4.69, 9.17) is 16.6 Å². The van der Waals surface area contributed by atoms with Gasteiger partial charge in [-0.05, 0) is 24.1 Å². The number of primary amides is 1. The lowest BCUT2D eigenvalue weighted by Crippen LogP contribution is -2.45. The summed E-state index contributed by atoms with van der Waals surface area (Å²) in [5, 5.41) is 8.91. The summed E-state index contributed by atoms with van der Waals surface area (Å²) >= 11 is 0. The van der Waals surface area contributed by atoms with Crippen molar-refractivity contribution in [1.82, 2.24) is 0 Å². The van der Waals surface area contributed by atoms with Crippen LogP contribution in [0.5, 0.6) is 0 Å². The standard InChI is InChI=1S/C12H15N3O3/c13-9(6-16)12(18)15-4-3-7-1-2-8(11(14)17)5-10(7)15/h1-2,5,9,16H,3-4,6,13H2,(H2,14,17)/t9-/m1/s1. The van der Waals surface area contributed by atoms with Crippen LogP contribution in [0, 0.1) is 0 Å². The Labute approximate surface area is 104 Å². The van der Waals surface area contributed by atoms with Gasteiger partial charge in [0.25, 0.3) is 0 Å². The molecule has 0 unspecified atom stereocenters. The summed E-state index contributed by atoms with van der Waals surface area (Å²) in [4.78, 5) is 24.6. The van der Waals surface area contributed by atoms with Crippen LogP contribution in [0.4, 0.5) is 5.69 Å². The molecule has 2 amide bonds. The number of rotatable bonds is 3. The zero-order valence-electron chi connectivity index (χ0n) is 9.80. The number of nitrogens with two attached hydrogens (primary N) is 2. The largest absolute Gasteiger partial charge is 0.394 e. The minimum atomic E-state index is -0.937. The third-order valence-electron chi connectivity index (χ3n) is 3.05. The van der Waals surface area contributed by atoms with Gasteiger partial charge in [0.1, 0.15) is 6.04 Å². The number of nitrogens with zero attached hydrogens (tertiary/aromatic N) is 1. The van der Waals surface area contributed by atoms with Gasteiger partial charge in [-0.2, -0.15) is 0 Å². The fourth-order valence-corrected chi connectivity index (χ4v) is 2.04. The zero-order valence-corrected chi connectivity index (χ0v) is 9.80. The van der Waals surface area contributed by atoms with Crippen molar-refractivity contribution in [2.45, 2.75) is 12.5 Å². The van der Waals surface area contributed by atoms with Crippen molar-refractivity contribution in [2.75, 3.05) is 18.1 Å². The van der Waals surface area contributed by atoms with Crippen LogP contribution in [0.25, 0.3) is 0 Å². The number of carbonyl (C=O) groups excluding carboxylic acids is 2. The molecular weight excluding hydrogens is 234 g/mol. The van der Waals surface area contributed by atoms with E-state index in [0.29, 0.717) is 24.2 Å². The van der Waals surface area contributed by atoms with Crippen LogP contribution < -0.4 is 16.4 Å². The van der Waals surface area contributed by atoms with Gasteiger partial charge >= 0.3 is 0 Å². The fourth-order valence-electron chi connectivity index (χ4n) is 2.04. The fraction of sp³-hybridized carbons (Fsp3) is 0.333. The second kappa shape index (κ2) is 4.75. The predicted octanol–water partition coefficient (Wildman–Crippen LogP) is -1.01. The highest BCUT2D eigenvalue weighted by Crippen LogP contribution is 2.29. The second-order valence-corrected chi connectivity index (χ2v) is 4.24. The van der Waals surface area contributed by atoms with E-state index in [1.54, 1.807) is 18.2 Å². The van der Waals surface area contributed by atoms with Crippen molar-refractivity contribution in [1.29, 1.82) is 0 Å². The summed E-state index contributed by atoms with van der Waals surface area (Å²) in [7, 11) is 0. The normalized spacial score (nSPS) is 15.3. The van der Waals surface area contributed by atoms with Gasteiger partial charge in [0, 0.05) is 17.8 Å². The van der Waals surface area contributed by atoms with Crippen LogP contribution in [0.2, 0.25) is 0 Å². The number of aliphatic hydroxyl groups excluding tert-OH is 1. The highest BCUT2D eigenvalue weighted by molar-refractivity contribution is 6.01. The number of benzene rings is 1. The Kier molecular flexibility index (Phi) is 3.31. The molecule has 0 aromatic heterocycles. The van der Waals surface area contributed by atoms with E-state index in [-0.39, 0.29) is 5.91 Å². The lowest BCUT2D eigenvalue weighted by molar-refractivity contribution is -0.120. The molecule has 2 rings (SSSR count). The van der Waals surface area contributed by atoms with Crippen LogP contribution in [-0.2, 0) is 11.2 Å². The Morgan fingerprint density at radius 1 is 1.44 bits per heavy atom. The second-order valence-electron chi connectivity index (χ2n) is 4.24. The highest BCUT2D eigenvalue weighted by atomic mass is 16.3. The molecule has 1 aliphatic heterocycles. The Balaban J connectivity index is 2.34. The first-order chi connectivity index (χ1) is 8.54. The molecule has 0 fully saturated rings. The number of carbonyl (C=O) groups is 2. The molecule has 0 saturated carbocycles. The van der Waals surface area contributed by atoms with E-state index in [0.717, 1.165) is 5.56 Å². The van der Waals surface area contributed by atoms with Crippen molar-refractivity contribution in [3.63, 3.8) is 0 Å². The van der Waals surface area contributed by atoms with Crippen LogP contribution in [0.15, 0.2) is 18.2 Å². The van der Waals surface area contributed by atoms with Crippen LogP contribution in [-0.4, -0.2) is 36.1 Å². The summed E-state index contributed by atoms with van der Waals surface area (Å²) in [6.45, 7) is 0.101. The van der Waals surface area contributed by atoms with Gasteiger partial charge in [-0.25, -0.2) is 0 Å². The number of hydrogen-bond donors (Lipinski definition) is 3. The average Bonchev–Trinajstić information content (AvgIpc) is 2.79. The number of amides is 2. The van der Waals surface area contributed by atoms with E-state index in [2.05, 4.69) is 0 Å². The number of anilines is 1. The molecule has 0 bridgehead atoms. The van der Waals surface area contributed by atoms with Crippen LogP contribution in [0.3, 0.4) is 0 Å². The Morgan fingerprint density at radius 2 is 2.17 bits per heavy atom. The van der Waals surface area contributed by atoms with Crippen LogP contribution >= 0.6 is 0 Å². The van der Waals surface area contributed by atoms with Crippen LogP contribution in [0.1, 0.15) is 15.9 Å². The van der Waals surface area contributed by atoms with Gasteiger partial charge in [-0.1, -0.05) is 6.07 Å². The van der Waals surface area contributed by atoms with E-state index >= 15 is 0 Å².